The predicted molar refractivity (Wildman–Crippen MR) is 89.5 cm³/mol. The van der Waals surface area contributed by atoms with Gasteiger partial charge >= 0.3 is 0 Å². The fraction of sp³-hybridized carbons (Fsp3) is 0.529. The molecule has 1 N–H and O–H groups in total. The van der Waals surface area contributed by atoms with Crippen molar-refractivity contribution in [2.75, 3.05) is 20.0 Å². The first-order valence-corrected chi connectivity index (χ1v) is 8.33. The predicted octanol–water partition coefficient (Wildman–Crippen LogP) is 2.18. The maximum absolute atomic E-state index is 12.3. The highest BCUT2D eigenvalue weighted by molar-refractivity contribution is 6.27. The van der Waals surface area contributed by atoms with Gasteiger partial charge in [0.15, 0.2) is 0 Å². The molecule has 0 radical (unpaired) electrons. The van der Waals surface area contributed by atoms with Crippen LogP contribution in [0.4, 0.5) is 0 Å². The fourth-order valence-corrected chi connectivity index (χ4v) is 3.31. The van der Waals surface area contributed by atoms with Crippen LogP contribution in [0, 0.1) is 0 Å². The van der Waals surface area contributed by atoms with Crippen LogP contribution in [0.25, 0.3) is 0 Å². The first-order valence-electron chi connectivity index (χ1n) is 7.80. The van der Waals surface area contributed by atoms with Gasteiger partial charge in [0.1, 0.15) is 5.88 Å². The van der Waals surface area contributed by atoms with E-state index in [4.69, 9.17) is 16.3 Å². The summed E-state index contributed by atoms with van der Waals surface area (Å²) in [6.45, 7) is 0.431. The number of nitrogens with one attached hydrogen (secondary N) is 1. The fourth-order valence-electron chi connectivity index (χ4n) is 3.16. The van der Waals surface area contributed by atoms with Crippen molar-refractivity contribution in [1.82, 2.24) is 10.2 Å². The van der Waals surface area contributed by atoms with Gasteiger partial charge in [-0.2, -0.15) is 0 Å². The van der Waals surface area contributed by atoms with E-state index >= 15 is 0 Å². The average molecular weight is 339 g/mol. The molecule has 0 aromatic heterocycles. The van der Waals surface area contributed by atoms with Crippen molar-refractivity contribution in [3.8, 4) is 0 Å². The van der Waals surface area contributed by atoms with Crippen molar-refractivity contribution in [1.29, 1.82) is 0 Å². The highest BCUT2D eigenvalue weighted by Gasteiger charge is 2.34. The minimum Gasteiger partial charge on any atom is -0.379 e. The number of halogens is 1. The van der Waals surface area contributed by atoms with Gasteiger partial charge in [-0.25, -0.2) is 0 Å². The minimum atomic E-state index is -0.141. The quantitative estimate of drug-likeness (QED) is 0.809. The van der Waals surface area contributed by atoms with Crippen LogP contribution < -0.4 is 5.32 Å². The largest absolute Gasteiger partial charge is 0.379 e. The number of methoxy groups -OCH3 is 1. The van der Waals surface area contributed by atoms with Gasteiger partial charge in [-0.3, -0.25) is 9.59 Å². The van der Waals surface area contributed by atoms with Gasteiger partial charge in [-0.1, -0.05) is 12.1 Å². The smallest absolute Gasteiger partial charge is 0.251 e. The van der Waals surface area contributed by atoms with E-state index in [0.717, 1.165) is 24.8 Å². The van der Waals surface area contributed by atoms with Crippen LogP contribution in [0.1, 0.15) is 35.2 Å². The van der Waals surface area contributed by atoms with E-state index in [1.54, 1.807) is 25.1 Å². The molecule has 2 amide bonds. The van der Waals surface area contributed by atoms with E-state index in [1.807, 2.05) is 18.2 Å². The topological polar surface area (TPSA) is 58.6 Å². The second kappa shape index (κ2) is 8.31. The SMILES string of the molecule is CNC(=O)c1cccc(CN(C(=O)CCl)[C@@H]2CCC[C@@H]2OC)c1. The third-order valence-electron chi connectivity index (χ3n) is 4.32. The molecule has 1 aliphatic rings. The summed E-state index contributed by atoms with van der Waals surface area (Å²) in [6, 6.07) is 7.34. The number of carbonyl (C=O) groups excluding carboxylic acids is 2. The van der Waals surface area contributed by atoms with E-state index in [2.05, 4.69) is 5.32 Å². The molecule has 126 valence electrons. The Kier molecular flexibility index (Phi) is 6.42. The molecule has 6 heteroatoms. The molecular weight excluding hydrogens is 316 g/mol. The van der Waals surface area contributed by atoms with E-state index in [9.17, 15) is 9.59 Å². The van der Waals surface area contributed by atoms with Crippen molar-refractivity contribution in [2.24, 2.45) is 0 Å². The van der Waals surface area contributed by atoms with Crippen LogP contribution in [0.5, 0.6) is 0 Å². The second-order valence-electron chi connectivity index (χ2n) is 5.71. The van der Waals surface area contributed by atoms with Gasteiger partial charge in [-0.15, -0.1) is 11.6 Å². The molecule has 1 fully saturated rings. The second-order valence-corrected chi connectivity index (χ2v) is 5.97. The minimum absolute atomic E-state index is 0.0370. The van der Waals surface area contributed by atoms with Crippen molar-refractivity contribution >= 4 is 23.4 Å². The molecule has 1 aromatic rings. The zero-order valence-corrected chi connectivity index (χ0v) is 14.3. The number of ether oxygens (including phenoxy) is 1. The lowest BCUT2D eigenvalue weighted by Crippen LogP contribution is -2.45. The first-order chi connectivity index (χ1) is 11.1. The summed E-state index contributed by atoms with van der Waals surface area (Å²) in [7, 11) is 3.28. The summed E-state index contributed by atoms with van der Waals surface area (Å²) >= 11 is 5.79. The van der Waals surface area contributed by atoms with Crippen LogP contribution in [-0.4, -0.2) is 48.9 Å². The van der Waals surface area contributed by atoms with Crippen molar-refractivity contribution in [3.05, 3.63) is 35.4 Å². The van der Waals surface area contributed by atoms with Gasteiger partial charge in [0.2, 0.25) is 5.91 Å². The molecule has 0 spiro atoms. The molecular formula is C17H23ClN2O3. The summed E-state index contributed by atoms with van der Waals surface area (Å²) < 4.78 is 5.52. The summed E-state index contributed by atoms with van der Waals surface area (Å²) in [5.74, 6) is -0.300. The number of hydrogen-bond acceptors (Lipinski definition) is 3. The van der Waals surface area contributed by atoms with E-state index in [0.29, 0.717) is 12.1 Å². The number of hydrogen-bond donors (Lipinski definition) is 1. The maximum Gasteiger partial charge on any atom is 0.251 e. The Morgan fingerprint density at radius 2 is 2.17 bits per heavy atom. The summed E-state index contributed by atoms with van der Waals surface area (Å²) in [5.41, 5.74) is 1.49. The Morgan fingerprint density at radius 3 is 2.83 bits per heavy atom. The van der Waals surface area contributed by atoms with Gasteiger partial charge in [0.05, 0.1) is 12.1 Å². The molecule has 2 rings (SSSR count). The molecule has 0 heterocycles. The molecule has 1 saturated carbocycles. The summed E-state index contributed by atoms with van der Waals surface area (Å²) in [5, 5.41) is 2.61. The molecule has 23 heavy (non-hydrogen) atoms. The Labute approximate surface area is 141 Å². The summed E-state index contributed by atoms with van der Waals surface area (Å²) in [4.78, 5) is 25.9. The Balaban J connectivity index is 2.21. The number of rotatable bonds is 6. The molecule has 1 aliphatic carbocycles. The van der Waals surface area contributed by atoms with Crippen LogP contribution >= 0.6 is 11.6 Å². The normalized spacial score (nSPS) is 20.3. The molecule has 0 bridgehead atoms. The number of nitrogens with zero attached hydrogens (tertiary/aromatic N) is 1. The van der Waals surface area contributed by atoms with Gasteiger partial charge < -0.3 is 15.0 Å². The Morgan fingerprint density at radius 1 is 1.39 bits per heavy atom. The zero-order valence-electron chi connectivity index (χ0n) is 13.5. The molecule has 0 aliphatic heterocycles. The van der Waals surface area contributed by atoms with Crippen LogP contribution in [-0.2, 0) is 16.1 Å². The third-order valence-corrected chi connectivity index (χ3v) is 4.55. The molecule has 5 nitrogen and oxygen atoms in total. The number of amides is 2. The van der Waals surface area contributed by atoms with Gasteiger partial charge in [0.25, 0.3) is 5.91 Å². The third kappa shape index (κ3) is 4.24. The van der Waals surface area contributed by atoms with Gasteiger partial charge in [-0.05, 0) is 37.0 Å². The van der Waals surface area contributed by atoms with Crippen molar-refractivity contribution < 1.29 is 14.3 Å². The number of carbonyl (C=O) groups is 2. The lowest BCUT2D eigenvalue weighted by Gasteiger charge is -2.32. The maximum atomic E-state index is 12.3. The van der Waals surface area contributed by atoms with Crippen molar-refractivity contribution in [3.63, 3.8) is 0 Å². The highest BCUT2D eigenvalue weighted by atomic mass is 35.5. The average Bonchev–Trinajstić information content (AvgIpc) is 3.06. The van der Waals surface area contributed by atoms with Gasteiger partial charge in [0, 0.05) is 26.3 Å². The zero-order chi connectivity index (χ0) is 16.8. The van der Waals surface area contributed by atoms with Crippen LogP contribution in [0.2, 0.25) is 0 Å². The van der Waals surface area contributed by atoms with E-state index in [-0.39, 0.29) is 29.8 Å². The number of benzene rings is 1. The monoisotopic (exact) mass is 338 g/mol. The van der Waals surface area contributed by atoms with E-state index in [1.165, 1.54) is 0 Å². The standard InChI is InChI=1S/C17H23ClN2O3/c1-19-17(22)13-6-3-5-12(9-13)11-20(16(21)10-18)14-7-4-8-15(14)23-2/h3,5-6,9,14-15H,4,7-8,10-11H2,1-2H3,(H,19,22)/t14-,15+/m1/s1. The molecule has 2 atom stereocenters. The lowest BCUT2D eigenvalue weighted by molar-refractivity contribution is -0.134. The number of alkyl halides is 1. The molecule has 0 saturated heterocycles. The molecule has 0 unspecified atom stereocenters. The van der Waals surface area contributed by atoms with Crippen LogP contribution in [0.15, 0.2) is 24.3 Å². The van der Waals surface area contributed by atoms with E-state index < -0.39 is 0 Å². The van der Waals surface area contributed by atoms with Crippen molar-refractivity contribution in [2.45, 2.75) is 38.0 Å². The lowest BCUT2D eigenvalue weighted by atomic mass is 10.1. The first kappa shape index (κ1) is 17.8. The highest BCUT2D eigenvalue weighted by Crippen LogP contribution is 2.28. The Hall–Kier alpha value is -1.59. The summed E-state index contributed by atoms with van der Waals surface area (Å²) in [6.07, 6.45) is 2.94. The molecule has 1 aromatic carbocycles. The van der Waals surface area contributed by atoms with Crippen LogP contribution in [0.3, 0.4) is 0 Å². The Bertz CT molecular complexity index is 565.